The normalized spacial score (nSPS) is 11.2. The molecule has 1 aromatic carbocycles. The van der Waals surface area contributed by atoms with Gasteiger partial charge in [0.15, 0.2) is 0 Å². The minimum atomic E-state index is -0.0838. The summed E-state index contributed by atoms with van der Waals surface area (Å²) in [7, 11) is 0. The molecule has 0 saturated carbocycles. The summed E-state index contributed by atoms with van der Waals surface area (Å²) in [6.07, 6.45) is 0. The number of fused-ring (bicyclic) bond motifs is 1. The number of benzene rings is 1. The SMILES string of the molecule is CC(C)c1c(Cl)ccc2[nH]c(=O)ccc12. The molecule has 0 radical (unpaired) electrons. The molecule has 0 saturated heterocycles. The predicted octanol–water partition coefficient (Wildman–Crippen LogP) is 3.30. The van der Waals surface area contributed by atoms with Crippen LogP contribution in [0.2, 0.25) is 5.02 Å². The summed E-state index contributed by atoms with van der Waals surface area (Å²) in [5.74, 6) is 0.340. The number of H-pyrrole nitrogens is 1. The highest BCUT2D eigenvalue weighted by atomic mass is 35.5. The molecule has 0 spiro atoms. The van der Waals surface area contributed by atoms with Gasteiger partial charge in [-0.25, -0.2) is 0 Å². The first-order valence-electron chi connectivity index (χ1n) is 4.91. The molecule has 1 N–H and O–H groups in total. The van der Waals surface area contributed by atoms with Crippen LogP contribution >= 0.6 is 11.6 Å². The van der Waals surface area contributed by atoms with E-state index in [1.54, 1.807) is 0 Å². The summed E-state index contributed by atoms with van der Waals surface area (Å²) in [6.45, 7) is 4.18. The van der Waals surface area contributed by atoms with Crippen LogP contribution in [0.5, 0.6) is 0 Å². The maximum Gasteiger partial charge on any atom is 0.248 e. The fraction of sp³-hybridized carbons (Fsp3) is 0.250. The van der Waals surface area contributed by atoms with Gasteiger partial charge in [0, 0.05) is 22.0 Å². The third kappa shape index (κ3) is 1.77. The number of aromatic nitrogens is 1. The molecule has 2 aromatic rings. The van der Waals surface area contributed by atoms with Crippen molar-refractivity contribution in [2.24, 2.45) is 0 Å². The van der Waals surface area contributed by atoms with E-state index < -0.39 is 0 Å². The predicted molar refractivity (Wildman–Crippen MR) is 63.7 cm³/mol. The second-order valence-corrected chi connectivity index (χ2v) is 4.31. The minimum Gasteiger partial charge on any atom is -0.322 e. The van der Waals surface area contributed by atoms with Gasteiger partial charge in [-0.2, -0.15) is 0 Å². The van der Waals surface area contributed by atoms with Crippen LogP contribution in [0.15, 0.2) is 29.1 Å². The average Bonchev–Trinajstić information content (AvgIpc) is 2.17. The summed E-state index contributed by atoms with van der Waals surface area (Å²) < 4.78 is 0. The van der Waals surface area contributed by atoms with Crippen molar-refractivity contribution < 1.29 is 0 Å². The molecule has 0 amide bonds. The van der Waals surface area contributed by atoms with Gasteiger partial charge in [0.05, 0.1) is 0 Å². The molecule has 1 heterocycles. The lowest BCUT2D eigenvalue weighted by Gasteiger charge is -2.11. The van der Waals surface area contributed by atoms with Gasteiger partial charge < -0.3 is 4.98 Å². The van der Waals surface area contributed by atoms with Gasteiger partial charge in [-0.3, -0.25) is 4.79 Å². The summed E-state index contributed by atoms with van der Waals surface area (Å²) in [4.78, 5) is 14.0. The summed E-state index contributed by atoms with van der Waals surface area (Å²) in [5, 5.41) is 1.78. The molecule has 0 atom stereocenters. The third-order valence-corrected chi connectivity index (χ3v) is 2.80. The molecule has 0 aliphatic heterocycles. The maximum absolute atomic E-state index is 11.2. The van der Waals surface area contributed by atoms with Gasteiger partial charge in [0.2, 0.25) is 5.56 Å². The Bertz CT molecular complexity index is 557. The van der Waals surface area contributed by atoms with E-state index in [0.29, 0.717) is 5.92 Å². The van der Waals surface area contributed by atoms with Crippen LogP contribution in [0.1, 0.15) is 25.3 Å². The largest absolute Gasteiger partial charge is 0.322 e. The van der Waals surface area contributed by atoms with Crippen LogP contribution in [0, 0.1) is 0 Å². The quantitative estimate of drug-likeness (QED) is 0.788. The fourth-order valence-electron chi connectivity index (χ4n) is 1.82. The second-order valence-electron chi connectivity index (χ2n) is 3.90. The molecule has 0 bridgehead atoms. The first-order valence-corrected chi connectivity index (χ1v) is 5.29. The first-order chi connectivity index (χ1) is 7.09. The molecule has 0 aliphatic carbocycles. The number of nitrogens with one attached hydrogen (secondary N) is 1. The maximum atomic E-state index is 11.2. The Morgan fingerprint density at radius 1 is 1.20 bits per heavy atom. The van der Waals surface area contributed by atoms with Crippen molar-refractivity contribution in [1.29, 1.82) is 0 Å². The van der Waals surface area contributed by atoms with E-state index in [4.69, 9.17) is 11.6 Å². The molecular weight excluding hydrogens is 210 g/mol. The van der Waals surface area contributed by atoms with Crippen molar-refractivity contribution in [2.75, 3.05) is 0 Å². The van der Waals surface area contributed by atoms with Gasteiger partial charge in [0.1, 0.15) is 0 Å². The Morgan fingerprint density at radius 3 is 2.60 bits per heavy atom. The summed E-state index contributed by atoms with van der Waals surface area (Å²) in [5.41, 5.74) is 1.85. The van der Waals surface area contributed by atoms with E-state index in [1.807, 2.05) is 18.2 Å². The van der Waals surface area contributed by atoms with E-state index in [2.05, 4.69) is 18.8 Å². The van der Waals surface area contributed by atoms with E-state index in [0.717, 1.165) is 21.5 Å². The van der Waals surface area contributed by atoms with Crippen LogP contribution in [0.3, 0.4) is 0 Å². The number of rotatable bonds is 1. The van der Waals surface area contributed by atoms with E-state index in [9.17, 15) is 4.79 Å². The van der Waals surface area contributed by atoms with Crippen LogP contribution in [-0.4, -0.2) is 4.98 Å². The zero-order valence-electron chi connectivity index (χ0n) is 8.67. The summed E-state index contributed by atoms with van der Waals surface area (Å²) >= 11 is 6.15. The van der Waals surface area contributed by atoms with Crippen molar-refractivity contribution in [1.82, 2.24) is 4.98 Å². The highest BCUT2D eigenvalue weighted by molar-refractivity contribution is 6.32. The highest BCUT2D eigenvalue weighted by Crippen LogP contribution is 2.30. The lowest BCUT2D eigenvalue weighted by atomic mass is 9.98. The molecular formula is C12H12ClNO. The smallest absolute Gasteiger partial charge is 0.248 e. The van der Waals surface area contributed by atoms with E-state index >= 15 is 0 Å². The number of hydrogen-bond donors (Lipinski definition) is 1. The van der Waals surface area contributed by atoms with E-state index in [-0.39, 0.29) is 5.56 Å². The highest BCUT2D eigenvalue weighted by Gasteiger charge is 2.09. The number of pyridine rings is 1. The second kappa shape index (κ2) is 3.70. The molecule has 78 valence electrons. The molecule has 15 heavy (non-hydrogen) atoms. The van der Waals surface area contributed by atoms with Crippen molar-refractivity contribution in [2.45, 2.75) is 19.8 Å². The van der Waals surface area contributed by atoms with Crippen molar-refractivity contribution >= 4 is 22.5 Å². The van der Waals surface area contributed by atoms with Gasteiger partial charge in [-0.15, -0.1) is 0 Å². The van der Waals surface area contributed by atoms with Crippen molar-refractivity contribution in [3.05, 3.63) is 45.2 Å². The molecule has 2 rings (SSSR count). The Morgan fingerprint density at radius 2 is 1.93 bits per heavy atom. The van der Waals surface area contributed by atoms with Crippen molar-refractivity contribution in [3.63, 3.8) is 0 Å². The lowest BCUT2D eigenvalue weighted by molar-refractivity contribution is 0.876. The summed E-state index contributed by atoms with van der Waals surface area (Å²) in [6, 6.07) is 7.03. The van der Waals surface area contributed by atoms with Gasteiger partial charge in [-0.05, 0) is 29.7 Å². The molecule has 1 aromatic heterocycles. The Labute approximate surface area is 92.9 Å². The van der Waals surface area contributed by atoms with Crippen molar-refractivity contribution in [3.8, 4) is 0 Å². The standard InChI is InChI=1S/C12H12ClNO/c1-7(2)12-8-3-6-11(15)14-10(8)5-4-9(12)13/h3-7H,1-2H3,(H,14,15). The van der Waals surface area contributed by atoms with Crippen LogP contribution in [-0.2, 0) is 0 Å². The van der Waals surface area contributed by atoms with Gasteiger partial charge in [-0.1, -0.05) is 25.4 Å². The molecule has 3 heteroatoms. The molecule has 0 unspecified atom stereocenters. The Kier molecular flexibility index (Phi) is 2.53. The first kappa shape index (κ1) is 10.2. The van der Waals surface area contributed by atoms with Crippen LogP contribution in [0.4, 0.5) is 0 Å². The minimum absolute atomic E-state index is 0.0838. The number of aromatic amines is 1. The van der Waals surface area contributed by atoms with Crippen LogP contribution < -0.4 is 5.56 Å². The number of hydrogen-bond acceptors (Lipinski definition) is 1. The molecule has 0 fully saturated rings. The zero-order valence-corrected chi connectivity index (χ0v) is 9.43. The zero-order chi connectivity index (χ0) is 11.0. The van der Waals surface area contributed by atoms with Gasteiger partial charge in [0.25, 0.3) is 0 Å². The average molecular weight is 222 g/mol. The lowest BCUT2D eigenvalue weighted by Crippen LogP contribution is -2.04. The Hall–Kier alpha value is -1.28. The van der Waals surface area contributed by atoms with E-state index in [1.165, 1.54) is 6.07 Å². The third-order valence-electron chi connectivity index (χ3n) is 2.47. The topological polar surface area (TPSA) is 32.9 Å². The number of halogens is 1. The van der Waals surface area contributed by atoms with Crippen LogP contribution in [0.25, 0.3) is 10.9 Å². The fourth-order valence-corrected chi connectivity index (χ4v) is 2.20. The van der Waals surface area contributed by atoms with Gasteiger partial charge >= 0.3 is 0 Å². The molecule has 0 aliphatic rings. The Balaban J connectivity index is 2.87. The molecule has 2 nitrogen and oxygen atoms in total. The monoisotopic (exact) mass is 221 g/mol.